The molecular formula is C21H32N2O. The van der Waals surface area contributed by atoms with E-state index in [2.05, 4.69) is 54.9 Å². The van der Waals surface area contributed by atoms with E-state index in [4.69, 9.17) is 0 Å². The van der Waals surface area contributed by atoms with Crippen molar-refractivity contribution in [2.45, 2.75) is 58.5 Å². The molecule has 1 saturated heterocycles. The maximum atomic E-state index is 11.9. The molecule has 1 aliphatic heterocycles. The van der Waals surface area contributed by atoms with Gasteiger partial charge in [0.25, 0.3) is 0 Å². The highest BCUT2D eigenvalue weighted by Crippen LogP contribution is 2.16. The molecule has 3 heteroatoms. The van der Waals surface area contributed by atoms with Crippen molar-refractivity contribution in [2.24, 2.45) is 5.92 Å². The molecule has 1 aromatic rings. The molecule has 0 spiro atoms. The highest BCUT2D eigenvalue weighted by Gasteiger charge is 2.21. The van der Waals surface area contributed by atoms with E-state index in [9.17, 15) is 4.79 Å². The van der Waals surface area contributed by atoms with Gasteiger partial charge in [-0.1, -0.05) is 44.2 Å². The number of benzene rings is 1. The molecule has 0 unspecified atom stereocenters. The molecule has 1 fully saturated rings. The zero-order valence-electron chi connectivity index (χ0n) is 15.3. The van der Waals surface area contributed by atoms with Crippen molar-refractivity contribution in [2.75, 3.05) is 13.1 Å². The number of carbonyl (C=O) groups excluding carboxylic acids is 1. The van der Waals surface area contributed by atoms with Gasteiger partial charge in [-0.05, 0) is 49.3 Å². The second-order valence-electron chi connectivity index (χ2n) is 7.38. The smallest absolute Gasteiger partial charge is 0.220 e. The zero-order chi connectivity index (χ0) is 17.4. The molecule has 0 radical (unpaired) electrons. The molecule has 1 heterocycles. The summed E-state index contributed by atoms with van der Waals surface area (Å²) in [6, 6.07) is 9.31. The molecular weight excluding hydrogens is 296 g/mol. The molecule has 0 saturated carbocycles. The van der Waals surface area contributed by atoms with Crippen molar-refractivity contribution >= 4 is 5.91 Å². The van der Waals surface area contributed by atoms with Crippen molar-refractivity contribution in [3.05, 3.63) is 48.0 Å². The van der Waals surface area contributed by atoms with Gasteiger partial charge in [-0.25, -0.2) is 0 Å². The quantitative estimate of drug-likeness (QED) is 0.733. The standard InChI is InChI=1S/C21H32N2O/c1-4-5-8-21(24)22-20-7-6-13-23(16-20)15-19-11-9-18(10-12-19)14-17(2)3/h4,9-12,17,20H,1,5-8,13-16H2,2-3H3,(H,22,24)/t20-/m1/s1. The molecule has 1 aliphatic rings. The first-order chi connectivity index (χ1) is 11.6. The maximum Gasteiger partial charge on any atom is 0.220 e. The van der Waals surface area contributed by atoms with E-state index in [1.54, 1.807) is 6.08 Å². The van der Waals surface area contributed by atoms with Crippen LogP contribution in [0.15, 0.2) is 36.9 Å². The number of nitrogens with zero attached hydrogens (tertiary/aromatic N) is 1. The maximum absolute atomic E-state index is 11.9. The number of amides is 1. The predicted octanol–water partition coefficient (Wildman–Crippen LogP) is 3.93. The van der Waals surface area contributed by atoms with Crippen molar-refractivity contribution < 1.29 is 4.79 Å². The van der Waals surface area contributed by atoms with Crippen LogP contribution in [0, 0.1) is 5.92 Å². The van der Waals surface area contributed by atoms with Crippen LogP contribution in [0.5, 0.6) is 0 Å². The van der Waals surface area contributed by atoms with Crippen LogP contribution in [0.1, 0.15) is 50.7 Å². The molecule has 1 atom stereocenters. The molecule has 1 aromatic carbocycles. The molecule has 3 nitrogen and oxygen atoms in total. The monoisotopic (exact) mass is 328 g/mol. The van der Waals surface area contributed by atoms with Crippen LogP contribution >= 0.6 is 0 Å². The van der Waals surface area contributed by atoms with E-state index in [1.165, 1.54) is 11.1 Å². The SMILES string of the molecule is C=CCCC(=O)N[C@@H]1CCCN(Cc2ccc(CC(C)C)cc2)C1. The number of carbonyl (C=O) groups is 1. The van der Waals surface area contributed by atoms with E-state index < -0.39 is 0 Å². The van der Waals surface area contributed by atoms with Gasteiger partial charge in [-0.2, -0.15) is 0 Å². The summed E-state index contributed by atoms with van der Waals surface area (Å²) in [5.74, 6) is 0.850. The minimum Gasteiger partial charge on any atom is -0.352 e. The van der Waals surface area contributed by atoms with Gasteiger partial charge in [-0.15, -0.1) is 6.58 Å². The summed E-state index contributed by atoms with van der Waals surface area (Å²) in [4.78, 5) is 14.3. The summed E-state index contributed by atoms with van der Waals surface area (Å²) in [6.07, 6.45) is 6.49. The normalized spacial score (nSPS) is 18.5. The predicted molar refractivity (Wildman–Crippen MR) is 101 cm³/mol. The summed E-state index contributed by atoms with van der Waals surface area (Å²) in [5.41, 5.74) is 2.78. The number of hydrogen-bond donors (Lipinski definition) is 1. The highest BCUT2D eigenvalue weighted by molar-refractivity contribution is 5.76. The highest BCUT2D eigenvalue weighted by atomic mass is 16.1. The average molecular weight is 329 g/mol. The van der Waals surface area contributed by atoms with Crippen molar-refractivity contribution in [3.63, 3.8) is 0 Å². The van der Waals surface area contributed by atoms with Gasteiger partial charge in [0.15, 0.2) is 0 Å². The third-order valence-electron chi connectivity index (χ3n) is 4.52. The van der Waals surface area contributed by atoms with Crippen LogP contribution in [0.25, 0.3) is 0 Å². The first-order valence-corrected chi connectivity index (χ1v) is 9.27. The first-order valence-electron chi connectivity index (χ1n) is 9.27. The molecule has 0 bridgehead atoms. The van der Waals surface area contributed by atoms with E-state index in [1.807, 2.05) is 0 Å². The van der Waals surface area contributed by atoms with Gasteiger partial charge in [0.05, 0.1) is 0 Å². The van der Waals surface area contributed by atoms with E-state index in [-0.39, 0.29) is 11.9 Å². The summed E-state index contributed by atoms with van der Waals surface area (Å²) in [5, 5.41) is 3.17. The van der Waals surface area contributed by atoms with Gasteiger partial charge in [0.2, 0.25) is 5.91 Å². The van der Waals surface area contributed by atoms with Crippen LogP contribution in [-0.2, 0) is 17.8 Å². The Morgan fingerprint density at radius 3 is 2.71 bits per heavy atom. The number of allylic oxidation sites excluding steroid dienone is 1. The summed E-state index contributed by atoms with van der Waals surface area (Å²) < 4.78 is 0. The van der Waals surface area contributed by atoms with E-state index in [0.29, 0.717) is 12.3 Å². The minimum absolute atomic E-state index is 0.153. The summed E-state index contributed by atoms with van der Waals surface area (Å²) in [7, 11) is 0. The minimum atomic E-state index is 0.153. The molecule has 24 heavy (non-hydrogen) atoms. The fraction of sp³-hybridized carbons (Fsp3) is 0.571. The number of piperidine rings is 1. The Bertz CT molecular complexity index is 521. The Kier molecular flexibility index (Phi) is 7.51. The van der Waals surface area contributed by atoms with Crippen molar-refractivity contribution in [1.82, 2.24) is 10.2 Å². The van der Waals surface area contributed by atoms with E-state index in [0.717, 1.165) is 45.3 Å². The molecule has 1 N–H and O–H groups in total. The largest absolute Gasteiger partial charge is 0.352 e. The lowest BCUT2D eigenvalue weighted by Gasteiger charge is -2.33. The second-order valence-corrected chi connectivity index (χ2v) is 7.38. The Balaban J connectivity index is 1.81. The Morgan fingerprint density at radius 2 is 2.04 bits per heavy atom. The Hall–Kier alpha value is -1.61. The average Bonchev–Trinajstić information content (AvgIpc) is 2.55. The van der Waals surface area contributed by atoms with Gasteiger partial charge in [0.1, 0.15) is 0 Å². The van der Waals surface area contributed by atoms with E-state index >= 15 is 0 Å². The second kappa shape index (κ2) is 9.63. The Morgan fingerprint density at radius 1 is 1.33 bits per heavy atom. The molecule has 0 aromatic heterocycles. The Labute approximate surface area is 147 Å². The number of likely N-dealkylation sites (tertiary alicyclic amines) is 1. The fourth-order valence-electron chi connectivity index (χ4n) is 3.36. The fourth-order valence-corrected chi connectivity index (χ4v) is 3.36. The van der Waals surface area contributed by atoms with Gasteiger partial charge in [-0.3, -0.25) is 9.69 Å². The summed E-state index contributed by atoms with van der Waals surface area (Å²) >= 11 is 0. The van der Waals surface area contributed by atoms with Crippen molar-refractivity contribution in [3.8, 4) is 0 Å². The lowest BCUT2D eigenvalue weighted by atomic mass is 10.0. The number of rotatable bonds is 8. The topological polar surface area (TPSA) is 32.3 Å². The zero-order valence-corrected chi connectivity index (χ0v) is 15.3. The first kappa shape index (κ1) is 18.7. The molecule has 2 rings (SSSR count). The van der Waals surface area contributed by atoms with Gasteiger partial charge >= 0.3 is 0 Å². The van der Waals surface area contributed by atoms with Crippen LogP contribution in [0.4, 0.5) is 0 Å². The van der Waals surface area contributed by atoms with Gasteiger partial charge < -0.3 is 5.32 Å². The third-order valence-corrected chi connectivity index (χ3v) is 4.52. The van der Waals surface area contributed by atoms with Crippen molar-refractivity contribution in [1.29, 1.82) is 0 Å². The van der Waals surface area contributed by atoms with Crippen LogP contribution < -0.4 is 5.32 Å². The lowest BCUT2D eigenvalue weighted by molar-refractivity contribution is -0.122. The third kappa shape index (κ3) is 6.48. The van der Waals surface area contributed by atoms with Crippen LogP contribution in [0.2, 0.25) is 0 Å². The lowest BCUT2D eigenvalue weighted by Crippen LogP contribution is -2.47. The summed E-state index contributed by atoms with van der Waals surface area (Å²) in [6.45, 7) is 11.2. The van der Waals surface area contributed by atoms with Crippen LogP contribution in [0.3, 0.4) is 0 Å². The van der Waals surface area contributed by atoms with Crippen LogP contribution in [-0.4, -0.2) is 29.9 Å². The molecule has 132 valence electrons. The molecule has 0 aliphatic carbocycles. The molecule has 1 amide bonds. The van der Waals surface area contributed by atoms with Gasteiger partial charge in [0, 0.05) is 25.6 Å². The number of hydrogen-bond acceptors (Lipinski definition) is 2. The number of nitrogens with one attached hydrogen (secondary N) is 1.